The zero-order valence-corrected chi connectivity index (χ0v) is 8.16. The summed E-state index contributed by atoms with van der Waals surface area (Å²) in [4.78, 5) is 0. The van der Waals surface area contributed by atoms with Crippen LogP contribution in [0.3, 0.4) is 0 Å². The highest BCUT2D eigenvalue weighted by molar-refractivity contribution is 5.21. The lowest BCUT2D eigenvalue weighted by Crippen LogP contribution is -2.30. The second-order valence-electron chi connectivity index (χ2n) is 3.36. The molecule has 15 heavy (non-hydrogen) atoms. The van der Waals surface area contributed by atoms with Crippen molar-refractivity contribution in [2.75, 3.05) is 6.54 Å². The van der Waals surface area contributed by atoms with Crippen molar-refractivity contribution in [1.29, 1.82) is 0 Å². The van der Waals surface area contributed by atoms with Crippen LogP contribution in [0.2, 0.25) is 0 Å². The van der Waals surface area contributed by atoms with Crippen LogP contribution in [0.5, 0.6) is 0 Å². The number of hydrogen-bond acceptors (Lipinski definition) is 3. The van der Waals surface area contributed by atoms with Gasteiger partial charge in [0, 0.05) is 6.04 Å². The van der Waals surface area contributed by atoms with Crippen molar-refractivity contribution in [1.82, 2.24) is 0 Å². The first-order valence-corrected chi connectivity index (χ1v) is 4.65. The third-order valence-corrected chi connectivity index (χ3v) is 2.19. The molecule has 2 unspecified atom stereocenters. The molecule has 84 valence electrons. The molecule has 0 radical (unpaired) electrons. The van der Waals surface area contributed by atoms with Crippen LogP contribution in [-0.4, -0.2) is 17.7 Å². The van der Waals surface area contributed by atoms with Crippen LogP contribution in [0.1, 0.15) is 18.1 Å². The van der Waals surface area contributed by atoms with Gasteiger partial charge in [-0.2, -0.15) is 0 Å². The second kappa shape index (κ2) is 5.16. The Hall–Kier alpha value is -1.04. The third kappa shape index (κ3) is 2.95. The third-order valence-electron chi connectivity index (χ3n) is 2.19. The highest BCUT2D eigenvalue weighted by Crippen LogP contribution is 2.19. The summed E-state index contributed by atoms with van der Waals surface area (Å²) in [5.74, 6) is -1.94. The fourth-order valence-electron chi connectivity index (χ4n) is 1.29. The largest absolute Gasteiger partial charge is 0.387 e. The predicted molar refractivity (Wildman–Crippen MR) is 53.0 cm³/mol. The predicted octanol–water partition coefficient (Wildman–Crippen LogP) is 0.674. The van der Waals surface area contributed by atoms with E-state index in [0.29, 0.717) is 13.0 Å². The van der Waals surface area contributed by atoms with E-state index >= 15 is 0 Å². The number of aliphatic hydroxyl groups excluding tert-OH is 1. The van der Waals surface area contributed by atoms with E-state index in [1.165, 1.54) is 6.07 Å². The number of halogens is 2. The zero-order chi connectivity index (χ0) is 11.4. The van der Waals surface area contributed by atoms with Crippen molar-refractivity contribution >= 4 is 0 Å². The van der Waals surface area contributed by atoms with Crippen molar-refractivity contribution in [2.24, 2.45) is 11.5 Å². The first-order valence-electron chi connectivity index (χ1n) is 4.65. The molecular weight excluding hydrogens is 202 g/mol. The van der Waals surface area contributed by atoms with E-state index in [1.807, 2.05) is 0 Å². The highest BCUT2D eigenvalue weighted by Gasteiger charge is 2.17. The normalized spacial score (nSPS) is 15.0. The summed E-state index contributed by atoms with van der Waals surface area (Å²) in [6, 6.07) is 2.64. The maximum atomic E-state index is 12.8. The molecule has 0 aliphatic rings. The van der Waals surface area contributed by atoms with Crippen molar-refractivity contribution in [2.45, 2.75) is 18.6 Å². The van der Waals surface area contributed by atoms with Crippen molar-refractivity contribution < 1.29 is 13.9 Å². The summed E-state index contributed by atoms with van der Waals surface area (Å²) < 4.78 is 25.4. The summed E-state index contributed by atoms with van der Waals surface area (Å²) in [5, 5.41) is 9.67. The average Bonchev–Trinajstić information content (AvgIpc) is 2.21. The number of benzene rings is 1. The molecule has 0 aromatic heterocycles. The van der Waals surface area contributed by atoms with E-state index in [1.54, 1.807) is 0 Å². The minimum Gasteiger partial charge on any atom is -0.387 e. The highest BCUT2D eigenvalue weighted by atomic mass is 19.2. The lowest BCUT2D eigenvalue weighted by molar-refractivity contribution is 0.142. The van der Waals surface area contributed by atoms with E-state index in [4.69, 9.17) is 11.5 Å². The molecule has 5 N–H and O–H groups in total. The van der Waals surface area contributed by atoms with Crippen LogP contribution in [-0.2, 0) is 0 Å². The van der Waals surface area contributed by atoms with Gasteiger partial charge in [0.2, 0.25) is 0 Å². The van der Waals surface area contributed by atoms with Crippen molar-refractivity contribution in [3.05, 3.63) is 35.4 Å². The number of rotatable bonds is 4. The Morgan fingerprint density at radius 2 is 1.93 bits per heavy atom. The summed E-state index contributed by atoms with van der Waals surface area (Å²) in [5.41, 5.74) is 11.1. The Labute approximate surface area is 86.7 Å². The molecule has 3 nitrogen and oxygen atoms in total. The molecule has 0 saturated heterocycles. The first kappa shape index (κ1) is 12.0. The van der Waals surface area contributed by atoms with Gasteiger partial charge in [0.25, 0.3) is 0 Å². The van der Waals surface area contributed by atoms with Gasteiger partial charge in [-0.05, 0) is 30.7 Å². The molecule has 0 spiro atoms. The van der Waals surface area contributed by atoms with Gasteiger partial charge >= 0.3 is 0 Å². The minimum absolute atomic E-state index is 0.259. The van der Waals surface area contributed by atoms with Gasteiger partial charge in [-0.3, -0.25) is 0 Å². The van der Waals surface area contributed by atoms with Crippen LogP contribution < -0.4 is 11.5 Å². The Bertz CT molecular complexity index is 333. The SMILES string of the molecule is NCCC(N)C(O)c1ccc(F)c(F)c1. The van der Waals surface area contributed by atoms with Crippen LogP contribution in [0.25, 0.3) is 0 Å². The molecule has 0 amide bonds. The monoisotopic (exact) mass is 216 g/mol. The van der Waals surface area contributed by atoms with Gasteiger partial charge in [-0.15, -0.1) is 0 Å². The van der Waals surface area contributed by atoms with Crippen LogP contribution in [0.4, 0.5) is 8.78 Å². The van der Waals surface area contributed by atoms with Gasteiger partial charge in [-0.1, -0.05) is 6.07 Å². The summed E-state index contributed by atoms with van der Waals surface area (Å²) in [7, 11) is 0. The van der Waals surface area contributed by atoms with Gasteiger partial charge in [-0.25, -0.2) is 8.78 Å². The maximum absolute atomic E-state index is 12.8. The lowest BCUT2D eigenvalue weighted by atomic mass is 10.0. The average molecular weight is 216 g/mol. The van der Waals surface area contributed by atoms with E-state index in [-0.39, 0.29) is 5.56 Å². The molecule has 0 aliphatic heterocycles. The Balaban J connectivity index is 2.81. The fraction of sp³-hybridized carbons (Fsp3) is 0.400. The van der Waals surface area contributed by atoms with Gasteiger partial charge in [0.15, 0.2) is 11.6 Å². The molecule has 0 fully saturated rings. The van der Waals surface area contributed by atoms with E-state index in [2.05, 4.69) is 0 Å². The lowest BCUT2D eigenvalue weighted by Gasteiger charge is -2.18. The van der Waals surface area contributed by atoms with Gasteiger partial charge < -0.3 is 16.6 Å². The standard InChI is InChI=1S/C10H14F2N2O/c11-7-2-1-6(5-8(7)12)10(15)9(14)3-4-13/h1-2,5,9-10,15H,3-4,13-14H2. The Kier molecular flexibility index (Phi) is 4.14. The molecule has 0 saturated carbocycles. The molecule has 0 heterocycles. The molecule has 0 bridgehead atoms. The smallest absolute Gasteiger partial charge is 0.159 e. The Morgan fingerprint density at radius 1 is 1.27 bits per heavy atom. The van der Waals surface area contributed by atoms with E-state index < -0.39 is 23.8 Å². The molecule has 1 aromatic rings. The summed E-state index contributed by atoms with van der Waals surface area (Å²) >= 11 is 0. The molecule has 5 heteroatoms. The molecule has 1 rings (SSSR count). The van der Waals surface area contributed by atoms with Crippen LogP contribution in [0.15, 0.2) is 18.2 Å². The molecule has 0 aliphatic carbocycles. The molecule has 2 atom stereocenters. The second-order valence-corrected chi connectivity index (χ2v) is 3.36. The molecular formula is C10H14F2N2O. The van der Waals surface area contributed by atoms with Crippen LogP contribution in [0, 0.1) is 11.6 Å². The topological polar surface area (TPSA) is 72.3 Å². The van der Waals surface area contributed by atoms with Crippen molar-refractivity contribution in [3.8, 4) is 0 Å². The fourth-order valence-corrected chi connectivity index (χ4v) is 1.29. The maximum Gasteiger partial charge on any atom is 0.159 e. The number of aliphatic hydroxyl groups is 1. The van der Waals surface area contributed by atoms with E-state index in [9.17, 15) is 13.9 Å². The molecule has 1 aromatic carbocycles. The minimum atomic E-state index is -1.02. The first-order chi connectivity index (χ1) is 7.06. The number of hydrogen-bond donors (Lipinski definition) is 3. The zero-order valence-electron chi connectivity index (χ0n) is 8.16. The number of nitrogens with two attached hydrogens (primary N) is 2. The summed E-state index contributed by atoms with van der Waals surface area (Å²) in [6.07, 6.45) is -0.608. The van der Waals surface area contributed by atoms with Crippen LogP contribution >= 0.6 is 0 Å². The Morgan fingerprint density at radius 3 is 2.47 bits per heavy atom. The van der Waals surface area contributed by atoms with E-state index in [0.717, 1.165) is 12.1 Å². The van der Waals surface area contributed by atoms with Gasteiger partial charge in [0.1, 0.15) is 0 Å². The van der Waals surface area contributed by atoms with Gasteiger partial charge in [0.05, 0.1) is 6.10 Å². The van der Waals surface area contributed by atoms with Crippen molar-refractivity contribution in [3.63, 3.8) is 0 Å². The summed E-state index contributed by atoms with van der Waals surface area (Å²) in [6.45, 7) is 0.335. The quantitative estimate of drug-likeness (QED) is 0.692.